The lowest BCUT2D eigenvalue weighted by atomic mass is 10.1. The van der Waals surface area contributed by atoms with E-state index in [0.717, 1.165) is 47.2 Å². The van der Waals surface area contributed by atoms with Crippen LogP contribution in [0, 0.1) is 27.6 Å². The lowest BCUT2D eigenvalue weighted by Crippen LogP contribution is -2.33. The molecule has 5 aromatic rings. The Morgan fingerprint density at radius 1 is 1.07 bits per heavy atom. The van der Waals surface area contributed by atoms with Gasteiger partial charge in [-0.15, -0.1) is 0 Å². The van der Waals surface area contributed by atoms with E-state index in [1.807, 2.05) is 0 Å². The predicted octanol–water partition coefficient (Wildman–Crippen LogP) is 4.06. The van der Waals surface area contributed by atoms with Crippen LogP contribution in [0.15, 0.2) is 54.7 Å². The maximum atomic E-state index is 14.7. The highest BCUT2D eigenvalue weighted by Gasteiger charge is 2.29. The Hall–Kier alpha value is -5.80. The van der Waals surface area contributed by atoms with Crippen LogP contribution in [0.4, 0.5) is 41.0 Å². The number of hydrogen-bond donors (Lipinski definition) is 2. The number of aromatic nitrogens is 5. The number of rotatable bonds is 7. The minimum absolute atomic E-state index is 0.00457. The fourth-order valence-corrected chi connectivity index (χ4v) is 4.35. The number of carbonyl (C=O) groups is 1. The van der Waals surface area contributed by atoms with E-state index in [9.17, 15) is 28.1 Å². The van der Waals surface area contributed by atoms with Crippen LogP contribution < -0.4 is 16.4 Å². The molecule has 0 fully saturated rings. The molecule has 0 saturated heterocycles. The summed E-state index contributed by atoms with van der Waals surface area (Å²) in [6, 6.07) is 10.3. The smallest absolute Gasteiger partial charge is 0.414 e. The number of amides is 1. The average Bonchev–Trinajstić information content (AvgIpc) is 3.30. The fraction of sp³-hybridized carbons (Fsp3) is 0.115. The van der Waals surface area contributed by atoms with Gasteiger partial charge in [-0.1, -0.05) is 24.3 Å². The SMILES string of the molecule is COC(=O)N(Cc1c(F)cccc1[N+](=O)[O-])c1c(N)nc(-n2nc(Cc3ccccc3F)c3ncc(F)cc32)nc1N. The zero-order valence-corrected chi connectivity index (χ0v) is 21.7. The molecule has 4 N–H and O–H groups in total. The van der Waals surface area contributed by atoms with Gasteiger partial charge in [-0.3, -0.25) is 15.0 Å². The third kappa shape index (κ3) is 5.07. The van der Waals surface area contributed by atoms with Crippen molar-refractivity contribution < 1.29 is 27.6 Å². The van der Waals surface area contributed by atoms with Crippen LogP contribution in [0.5, 0.6) is 0 Å². The molecule has 2 aromatic carbocycles. The van der Waals surface area contributed by atoms with Crippen molar-refractivity contribution >= 4 is 40.1 Å². The number of anilines is 3. The number of carbonyl (C=O) groups excluding carboxylic acids is 1. The molecule has 13 nitrogen and oxygen atoms in total. The first-order chi connectivity index (χ1) is 20.1. The summed E-state index contributed by atoms with van der Waals surface area (Å²) >= 11 is 0. The molecule has 0 saturated carbocycles. The van der Waals surface area contributed by atoms with Crippen molar-refractivity contribution in [2.75, 3.05) is 23.5 Å². The van der Waals surface area contributed by atoms with Gasteiger partial charge in [0.1, 0.15) is 28.7 Å². The Labute approximate surface area is 234 Å². The standard InChI is InChI=1S/C26H20F3N9O4/c1-42-26(39)36(12-15-17(29)7-4-8-19(15)38(40)41)22-23(30)33-25(34-24(22)31)37-20-10-14(27)11-32-21(20)18(35-37)9-13-5-2-3-6-16(13)28/h2-8,10-11H,9,12H2,1H3,(H4,30,31,33,34). The lowest BCUT2D eigenvalue weighted by Gasteiger charge is -2.23. The third-order valence-electron chi connectivity index (χ3n) is 6.26. The Balaban J connectivity index is 1.61. The number of hydrogen-bond acceptors (Lipinski definition) is 10. The number of nitrogen functional groups attached to an aromatic ring is 2. The summed E-state index contributed by atoms with van der Waals surface area (Å²) in [5.74, 6) is -3.23. The molecule has 0 aliphatic rings. The van der Waals surface area contributed by atoms with E-state index >= 15 is 0 Å². The zero-order chi connectivity index (χ0) is 30.1. The normalized spacial score (nSPS) is 11.0. The van der Waals surface area contributed by atoms with Crippen molar-refractivity contribution in [3.05, 3.63) is 99.1 Å². The van der Waals surface area contributed by atoms with Gasteiger partial charge in [-0.2, -0.15) is 19.7 Å². The Kier molecular flexibility index (Phi) is 7.26. The number of nitrogens with two attached hydrogens (primary N) is 2. The molecule has 0 atom stereocenters. The van der Waals surface area contributed by atoms with Gasteiger partial charge in [0.05, 0.1) is 41.5 Å². The number of nitro groups is 1. The molecule has 0 aliphatic heterocycles. The van der Waals surface area contributed by atoms with E-state index in [1.54, 1.807) is 12.1 Å². The monoisotopic (exact) mass is 579 g/mol. The number of nitro benzene ring substituents is 1. The molecular weight excluding hydrogens is 559 g/mol. The highest BCUT2D eigenvalue weighted by molar-refractivity contribution is 5.95. The largest absolute Gasteiger partial charge is 0.452 e. The van der Waals surface area contributed by atoms with E-state index in [4.69, 9.17) is 16.2 Å². The van der Waals surface area contributed by atoms with E-state index in [2.05, 4.69) is 20.1 Å². The second-order valence-electron chi connectivity index (χ2n) is 8.84. The molecule has 1 amide bonds. The van der Waals surface area contributed by atoms with Gasteiger partial charge >= 0.3 is 6.09 Å². The molecule has 3 aromatic heterocycles. The Morgan fingerprint density at radius 2 is 1.76 bits per heavy atom. The molecule has 0 aliphatic carbocycles. The summed E-state index contributed by atoms with van der Waals surface area (Å²) in [5, 5.41) is 15.9. The van der Waals surface area contributed by atoms with Gasteiger partial charge in [-0.25, -0.2) is 22.9 Å². The molecule has 42 heavy (non-hydrogen) atoms. The molecule has 3 heterocycles. The number of benzene rings is 2. The summed E-state index contributed by atoms with van der Waals surface area (Å²) in [4.78, 5) is 36.6. The van der Waals surface area contributed by atoms with Gasteiger partial charge < -0.3 is 16.2 Å². The van der Waals surface area contributed by atoms with Crippen LogP contribution in [-0.2, 0) is 17.7 Å². The van der Waals surface area contributed by atoms with Gasteiger partial charge in [0, 0.05) is 18.6 Å². The lowest BCUT2D eigenvalue weighted by molar-refractivity contribution is -0.385. The minimum atomic E-state index is -1.09. The summed E-state index contributed by atoms with van der Waals surface area (Å²) in [6.07, 6.45) is -0.123. The fourth-order valence-electron chi connectivity index (χ4n) is 4.35. The summed E-state index contributed by atoms with van der Waals surface area (Å²) in [5.41, 5.74) is 11.9. The summed E-state index contributed by atoms with van der Waals surface area (Å²) < 4.78 is 49.1. The molecule has 0 spiro atoms. The zero-order valence-electron chi connectivity index (χ0n) is 21.7. The maximum Gasteiger partial charge on any atom is 0.414 e. The summed E-state index contributed by atoms with van der Waals surface area (Å²) in [7, 11) is 1.03. The number of ether oxygens (including phenoxy) is 1. The number of fused-ring (bicyclic) bond motifs is 1. The number of pyridine rings is 1. The molecular formula is C26H20F3N9O4. The van der Waals surface area contributed by atoms with Gasteiger partial charge in [0.2, 0.25) is 0 Å². The van der Waals surface area contributed by atoms with Crippen LogP contribution in [-0.4, -0.2) is 42.9 Å². The topological polar surface area (TPSA) is 181 Å². The molecule has 0 bridgehead atoms. The van der Waals surface area contributed by atoms with E-state index in [-0.39, 0.29) is 34.8 Å². The highest BCUT2D eigenvalue weighted by Crippen LogP contribution is 2.33. The molecule has 0 unspecified atom stereocenters. The van der Waals surface area contributed by atoms with Crippen LogP contribution in [0.2, 0.25) is 0 Å². The average molecular weight is 579 g/mol. The Bertz CT molecular complexity index is 1840. The molecule has 16 heteroatoms. The molecule has 5 rings (SSSR count). The first kappa shape index (κ1) is 27.8. The first-order valence-corrected chi connectivity index (χ1v) is 12.1. The Morgan fingerprint density at radius 3 is 2.43 bits per heavy atom. The van der Waals surface area contributed by atoms with Crippen molar-refractivity contribution in [1.29, 1.82) is 0 Å². The molecule has 0 radical (unpaired) electrons. The third-order valence-corrected chi connectivity index (χ3v) is 6.26. The van der Waals surface area contributed by atoms with E-state index in [0.29, 0.717) is 5.56 Å². The molecule has 214 valence electrons. The van der Waals surface area contributed by atoms with Crippen molar-refractivity contribution in [1.82, 2.24) is 24.7 Å². The van der Waals surface area contributed by atoms with Gasteiger partial charge in [0.15, 0.2) is 11.6 Å². The van der Waals surface area contributed by atoms with Crippen LogP contribution in [0.25, 0.3) is 17.0 Å². The predicted molar refractivity (Wildman–Crippen MR) is 144 cm³/mol. The second kappa shape index (κ2) is 11.0. The minimum Gasteiger partial charge on any atom is -0.452 e. The van der Waals surface area contributed by atoms with Crippen molar-refractivity contribution in [2.24, 2.45) is 0 Å². The number of halogens is 3. The highest BCUT2D eigenvalue weighted by atomic mass is 19.1. The van der Waals surface area contributed by atoms with Crippen molar-refractivity contribution in [3.8, 4) is 5.95 Å². The summed E-state index contributed by atoms with van der Waals surface area (Å²) in [6.45, 7) is -0.709. The first-order valence-electron chi connectivity index (χ1n) is 12.1. The number of nitrogens with zero attached hydrogens (tertiary/aromatic N) is 7. The maximum absolute atomic E-state index is 14.7. The second-order valence-corrected chi connectivity index (χ2v) is 8.84. The van der Waals surface area contributed by atoms with E-state index < -0.39 is 57.9 Å². The van der Waals surface area contributed by atoms with Crippen molar-refractivity contribution in [2.45, 2.75) is 13.0 Å². The number of methoxy groups -OCH3 is 1. The van der Waals surface area contributed by atoms with Crippen LogP contribution in [0.3, 0.4) is 0 Å². The van der Waals surface area contributed by atoms with Crippen LogP contribution in [0.1, 0.15) is 16.8 Å². The van der Waals surface area contributed by atoms with Gasteiger partial charge in [-0.05, 0) is 17.7 Å². The van der Waals surface area contributed by atoms with Gasteiger partial charge in [0.25, 0.3) is 11.6 Å². The van der Waals surface area contributed by atoms with Crippen LogP contribution >= 0.6 is 0 Å². The van der Waals surface area contributed by atoms with Crippen molar-refractivity contribution in [3.63, 3.8) is 0 Å². The van der Waals surface area contributed by atoms with E-state index in [1.165, 1.54) is 12.1 Å². The quantitative estimate of drug-likeness (QED) is 0.211.